The summed E-state index contributed by atoms with van der Waals surface area (Å²) in [5, 5.41) is 20.4. The summed E-state index contributed by atoms with van der Waals surface area (Å²) in [5.41, 5.74) is 4.81. The van der Waals surface area contributed by atoms with Crippen molar-refractivity contribution in [1.29, 1.82) is 0 Å². The van der Waals surface area contributed by atoms with Crippen LogP contribution in [0.25, 0.3) is 0 Å². The molecule has 5 nitrogen and oxygen atoms in total. The Morgan fingerprint density at radius 2 is 2.25 bits per heavy atom. The molecule has 0 aliphatic rings. The first-order valence-corrected chi connectivity index (χ1v) is 5.08. The number of nitro groups is 1. The van der Waals surface area contributed by atoms with Gasteiger partial charge in [-0.1, -0.05) is 24.6 Å². The zero-order valence-corrected chi connectivity index (χ0v) is 9.57. The van der Waals surface area contributed by atoms with Crippen LogP contribution in [0.5, 0.6) is 0 Å². The van der Waals surface area contributed by atoms with E-state index in [1.165, 1.54) is 12.1 Å². The van der Waals surface area contributed by atoms with Gasteiger partial charge >= 0.3 is 0 Å². The summed E-state index contributed by atoms with van der Waals surface area (Å²) >= 11 is 5.94. The van der Waals surface area contributed by atoms with Gasteiger partial charge in [0.2, 0.25) is 0 Å². The highest BCUT2D eigenvalue weighted by atomic mass is 35.5. The summed E-state index contributed by atoms with van der Waals surface area (Å²) in [4.78, 5) is 10.4. The maximum Gasteiger partial charge on any atom is 0.274 e. The lowest BCUT2D eigenvalue weighted by atomic mass is 9.82. The van der Waals surface area contributed by atoms with Gasteiger partial charge in [-0.25, -0.2) is 0 Å². The van der Waals surface area contributed by atoms with Gasteiger partial charge < -0.3 is 10.8 Å². The lowest BCUT2D eigenvalue weighted by Gasteiger charge is -2.26. The number of benzene rings is 1. The molecule has 1 aromatic rings. The lowest BCUT2D eigenvalue weighted by Crippen LogP contribution is -2.36. The van der Waals surface area contributed by atoms with Crippen LogP contribution >= 0.6 is 11.6 Å². The molecule has 0 aliphatic heterocycles. The standard InChI is InChI=1S/C10H13ClN2O3/c1-10(5-12,6-14)9-7(11)3-2-4-8(9)13(15)16/h2-4,14H,5-6,12H2,1H3. The Hall–Kier alpha value is -1.17. The largest absolute Gasteiger partial charge is 0.395 e. The predicted octanol–water partition coefficient (Wildman–Crippen LogP) is 1.46. The summed E-state index contributed by atoms with van der Waals surface area (Å²) in [6.07, 6.45) is 0. The lowest BCUT2D eigenvalue weighted by molar-refractivity contribution is -0.386. The van der Waals surface area contributed by atoms with E-state index >= 15 is 0 Å². The van der Waals surface area contributed by atoms with E-state index in [4.69, 9.17) is 17.3 Å². The van der Waals surface area contributed by atoms with Crippen LogP contribution in [0, 0.1) is 10.1 Å². The monoisotopic (exact) mass is 244 g/mol. The number of halogens is 1. The Morgan fingerprint density at radius 1 is 1.62 bits per heavy atom. The quantitative estimate of drug-likeness (QED) is 0.620. The average molecular weight is 245 g/mol. The zero-order chi connectivity index (χ0) is 12.3. The zero-order valence-electron chi connectivity index (χ0n) is 8.81. The molecule has 0 fully saturated rings. The number of hydrogen-bond acceptors (Lipinski definition) is 4. The van der Waals surface area contributed by atoms with E-state index in [0.717, 1.165) is 0 Å². The second-order valence-electron chi connectivity index (χ2n) is 3.81. The summed E-state index contributed by atoms with van der Waals surface area (Å²) in [5.74, 6) is 0. The maximum atomic E-state index is 10.9. The average Bonchev–Trinajstić information content (AvgIpc) is 2.27. The van der Waals surface area contributed by atoms with Crippen LogP contribution in [0.15, 0.2) is 18.2 Å². The molecule has 16 heavy (non-hydrogen) atoms. The van der Waals surface area contributed by atoms with Crippen molar-refractivity contribution in [2.75, 3.05) is 13.2 Å². The number of nitrogens with two attached hydrogens (primary N) is 1. The fourth-order valence-electron chi connectivity index (χ4n) is 1.51. The molecule has 0 amide bonds. The van der Waals surface area contributed by atoms with Gasteiger partial charge in [0.05, 0.1) is 22.1 Å². The molecule has 0 spiro atoms. The number of hydrogen-bond donors (Lipinski definition) is 2. The number of nitrogens with zero attached hydrogens (tertiary/aromatic N) is 1. The highest BCUT2D eigenvalue weighted by Crippen LogP contribution is 2.36. The van der Waals surface area contributed by atoms with Crippen LogP contribution in [-0.2, 0) is 5.41 Å². The Balaban J connectivity index is 3.46. The molecule has 0 bridgehead atoms. The first-order chi connectivity index (χ1) is 7.46. The van der Waals surface area contributed by atoms with Crippen LogP contribution < -0.4 is 5.73 Å². The summed E-state index contributed by atoms with van der Waals surface area (Å²) < 4.78 is 0. The third-order valence-electron chi connectivity index (χ3n) is 2.59. The first kappa shape index (κ1) is 12.9. The van der Waals surface area contributed by atoms with Gasteiger partial charge in [-0.2, -0.15) is 0 Å². The molecule has 0 aromatic heterocycles. The number of aliphatic hydroxyl groups excluding tert-OH is 1. The van der Waals surface area contributed by atoms with Gasteiger partial charge in [-0.15, -0.1) is 0 Å². The highest BCUT2D eigenvalue weighted by Gasteiger charge is 2.33. The van der Waals surface area contributed by atoms with Gasteiger partial charge in [-0.3, -0.25) is 10.1 Å². The summed E-state index contributed by atoms with van der Waals surface area (Å²) in [6, 6.07) is 4.40. The minimum Gasteiger partial charge on any atom is -0.395 e. The van der Waals surface area contributed by atoms with Crippen LogP contribution in [0.3, 0.4) is 0 Å². The molecule has 1 unspecified atom stereocenters. The van der Waals surface area contributed by atoms with Crippen molar-refractivity contribution in [1.82, 2.24) is 0 Å². The Kier molecular flexibility index (Phi) is 3.85. The SMILES string of the molecule is CC(CN)(CO)c1c(Cl)cccc1[N+](=O)[O-]. The van der Waals surface area contributed by atoms with E-state index in [-0.39, 0.29) is 29.4 Å². The number of aliphatic hydroxyl groups is 1. The Morgan fingerprint density at radius 3 is 2.69 bits per heavy atom. The molecule has 0 saturated carbocycles. The molecule has 88 valence electrons. The smallest absolute Gasteiger partial charge is 0.274 e. The molecule has 0 radical (unpaired) electrons. The van der Waals surface area contributed by atoms with Crippen LogP contribution in [0.2, 0.25) is 5.02 Å². The Bertz CT molecular complexity index is 405. The van der Waals surface area contributed by atoms with Crippen molar-refractivity contribution in [2.24, 2.45) is 5.73 Å². The third kappa shape index (κ3) is 2.16. The maximum absolute atomic E-state index is 10.9. The summed E-state index contributed by atoms with van der Waals surface area (Å²) in [6.45, 7) is 1.42. The Labute approximate surface area is 98.0 Å². The van der Waals surface area contributed by atoms with Gasteiger partial charge in [-0.05, 0) is 6.07 Å². The van der Waals surface area contributed by atoms with E-state index in [2.05, 4.69) is 0 Å². The van der Waals surface area contributed by atoms with Gasteiger partial charge in [0.15, 0.2) is 0 Å². The number of nitro benzene ring substituents is 1. The second kappa shape index (κ2) is 4.78. The van der Waals surface area contributed by atoms with Crippen molar-refractivity contribution in [3.05, 3.63) is 38.9 Å². The molecule has 0 heterocycles. The molecular formula is C10H13ClN2O3. The van der Waals surface area contributed by atoms with Crippen molar-refractivity contribution < 1.29 is 10.0 Å². The third-order valence-corrected chi connectivity index (χ3v) is 2.91. The van der Waals surface area contributed by atoms with Crippen LogP contribution in [-0.4, -0.2) is 23.2 Å². The number of rotatable bonds is 4. The molecule has 1 rings (SSSR count). The second-order valence-corrected chi connectivity index (χ2v) is 4.22. The van der Waals surface area contributed by atoms with E-state index in [1.54, 1.807) is 13.0 Å². The highest BCUT2D eigenvalue weighted by molar-refractivity contribution is 6.31. The topological polar surface area (TPSA) is 89.4 Å². The van der Waals surface area contributed by atoms with Crippen molar-refractivity contribution in [3.63, 3.8) is 0 Å². The van der Waals surface area contributed by atoms with Gasteiger partial charge in [0, 0.05) is 18.0 Å². The van der Waals surface area contributed by atoms with E-state index in [1.807, 2.05) is 0 Å². The molecule has 1 aromatic carbocycles. The fourth-order valence-corrected chi connectivity index (χ4v) is 1.91. The van der Waals surface area contributed by atoms with Crippen molar-refractivity contribution >= 4 is 17.3 Å². The predicted molar refractivity (Wildman–Crippen MR) is 61.6 cm³/mol. The van der Waals surface area contributed by atoms with E-state index in [0.29, 0.717) is 0 Å². The minimum absolute atomic E-state index is 0.0775. The van der Waals surface area contributed by atoms with E-state index in [9.17, 15) is 15.2 Å². The molecule has 0 saturated heterocycles. The van der Waals surface area contributed by atoms with Crippen LogP contribution in [0.1, 0.15) is 12.5 Å². The van der Waals surface area contributed by atoms with E-state index < -0.39 is 10.3 Å². The molecule has 1 atom stereocenters. The van der Waals surface area contributed by atoms with Gasteiger partial charge in [0.25, 0.3) is 5.69 Å². The first-order valence-electron chi connectivity index (χ1n) is 4.70. The van der Waals surface area contributed by atoms with Crippen molar-refractivity contribution in [3.8, 4) is 0 Å². The molecule has 0 aliphatic carbocycles. The molecule has 6 heteroatoms. The fraction of sp³-hybridized carbons (Fsp3) is 0.400. The van der Waals surface area contributed by atoms with Crippen LogP contribution in [0.4, 0.5) is 5.69 Å². The summed E-state index contributed by atoms with van der Waals surface area (Å²) in [7, 11) is 0. The minimum atomic E-state index is -0.902. The normalized spacial score (nSPS) is 14.5. The van der Waals surface area contributed by atoms with Crippen molar-refractivity contribution in [2.45, 2.75) is 12.3 Å². The van der Waals surface area contributed by atoms with Gasteiger partial charge in [0.1, 0.15) is 0 Å². The molecule has 3 N–H and O–H groups in total. The molecular weight excluding hydrogens is 232 g/mol.